The van der Waals surface area contributed by atoms with E-state index in [-0.39, 0.29) is 0 Å². The van der Waals surface area contributed by atoms with E-state index in [1.807, 2.05) is 24.8 Å². The molecule has 0 spiro atoms. The van der Waals surface area contributed by atoms with Crippen molar-refractivity contribution in [2.75, 3.05) is 6.54 Å². The summed E-state index contributed by atoms with van der Waals surface area (Å²) in [4.78, 5) is 4.29. The van der Waals surface area contributed by atoms with Crippen LogP contribution >= 0.6 is 11.3 Å². The molecule has 2 rings (SSSR count). The summed E-state index contributed by atoms with van der Waals surface area (Å²) in [6.45, 7) is 3.83. The van der Waals surface area contributed by atoms with Gasteiger partial charge in [-0.15, -0.1) is 16.4 Å². The number of rotatable bonds is 5. The molecule has 16 heavy (non-hydrogen) atoms. The molecular weight excluding hydrogens is 222 g/mol. The molecule has 0 saturated heterocycles. The summed E-state index contributed by atoms with van der Waals surface area (Å²) in [6.07, 6.45) is 3.76. The first-order chi connectivity index (χ1) is 7.75. The van der Waals surface area contributed by atoms with Crippen LogP contribution in [0.25, 0.3) is 0 Å². The molecule has 6 heteroatoms. The molecule has 5 nitrogen and oxygen atoms in total. The zero-order valence-corrected chi connectivity index (χ0v) is 10.2. The third-order valence-electron chi connectivity index (χ3n) is 2.28. The van der Waals surface area contributed by atoms with Crippen LogP contribution in [0.15, 0.2) is 17.8 Å². The number of thiazole rings is 1. The Balaban J connectivity index is 1.76. The molecule has 0 aliphatic rings. The van der Waals surface area contributed by atoms with E-state index >= 15 is 0 Å². The standard InChI is InChI=1S/C10H15N5S/c1-8(10-12-3-4-16-10)5-11-6-9-7-15(2)14-13-9/h3-4,7-8,11H,5-6H2,1-2H3. The van der Waals surface area contributed by atoms with Gasteiger partial charge in [-0.2, -0.15) is 0 Å². The number of nitrogens with one attached hydrogen (secondary N) is 1. The Kier molecular flexibility index (Phi) is 3.63. The fourth-order valence-electron chi connectivity index (χ4n) is 1.46. The van der Waals surface area contributed by atoms with Crippen LogP contribution in [-0.4, -0.2) is 26.5 Å². The quantitative estimate of drug-likeness (QED) is 0.848. The van der Waals surface area contributed by atoms with Gasteiger partial charge in [-0.05, 0) is 0 Å². The molecule has 2 aromatic heterocycles. The first-order valence-electron chi connectivity index (χ1n) is 5.21. The van der Waals surface area contributed by atoms with Crippen molar-refractivity contribution in [2.24, 2.45) is 7.05 Å². The van der Waals surface area contributed by atoms with Crippen LogP contribution < -0.4 is 5.32 Å². The van der Waals surface area contributed by atoms with Gasteiger partial charge in [0.1, 0.15) is 0 Å². The smallest absolute Gasteiger partial charge is 0.0965 e. The third kappa shape index (κ3) is 2.86. The highest BCUT2D eigenvalue weighted by atomic mass is 32.1. The molecule has 0 aliphatic carbocycles. The van der Waals surface area contributed by atoms with Crippen molar-refractivity contribution in [3.63, 3.8) is 0 Å². The summed E-state index contributed by atoms with van der Waals surface area (Å²) in [5, 5.41) is 14.4. The van der Waals surface area contributed by atoms with Crippen LogP contribution in [0.4, 0.5) is 0 Å². The molecule has 0 radical (unpaired) electrons. The van der Waals surface area contributed by atoms with Gasteiger partial charge in [-0.25, -0.2) is 4.98 Å². The molecule has 0 amide bonds. The van der Waals surface area contributed by atoms with Crippen LogP contribution in [0.5, 0.6) is 0 Å². The van der Waals surface area contributed by atoms with Crippen molar-refractivity contribution < 1.29 is 0 Å². The zero-order valence-electron chi connectivity index (χ0n) is 9.42. The highest BCUT2D eigenvalue weighted by molar-refractivity contribution is 7.09. The monoisotopic (exact) mass is 237 g/mol. The van der Waals surface area contributed by atoms with E-state index in [0.29, 0.717) is 5.92 Å². The summed E-state index contributed by atoms with van der Waals surface area (Å²) in [7, 11) is 1.87. The van der Waals surface area contributed by atoms with Crippen molar-refractivity contribution in [3.05, 3.63) is 28.5 Å². The van der Waals surface area contributed by atoms with E-state index in [0.717, 1.165) is 18.8 Å². The Labute approximate surface area is 98.5 Å². The van der Waals surface area contributed by atoms with Crippen molar-refractivity contribution >= 4 is 11.3 Å². The van der Waals surface area contributed by atoms with Crippen LogP contribution in [0.3, 0.4) is 0 Å². The van der Waals surface area contributed by atoms with Crippen LogP contribution in [-0.2, 0) is 13.6 Å². The Morgan fingerprint density at radius 3 is 3.06 bits per heavy atom. The lowest BCUT2D eigenvalue weighted by molar-refractivity contribution is 0.605. The molecule has 2 aromatic rings. The summed E-state index contributed by atoms with van der Waals surface area (Å²) >= 11 is 1.70. The molecule has 1 atom stereocenters. The second-order valence-corrected chi connectivity index (χ2v) is 4.71. The third-order valence-corrected chi connectivity index (χ3v) is 3.29. The van der Waals surface area contributed by atoms with Crippen molar-refractivity contribution in [2.45, 2.75) is 19.4 Å². The van der Waals surface area contributed by atoms with Gasteiger partial charge < -0.3 is 5.32 Å². The predicted molar refractivity (Wildman–Crippen MR) is 63.2 cm³/mol. The molecule has 2 heterocycles. The fraction of sp³-hybridized carbons (Fsp3) is 0.500. The van der Waals surface area contributed by atoms with Gasteiger partial charge in [0.25, 0.3) is 0 Å². The van der Waals surface area contributed by atoms with E-state index < -0.39 is 0 Å². The van der Waals surface area contributed by atoms with Crippen molar-refractivity contribution in [3.8, 4) is 0 Å². The normalized spacial score (nSPS) is 12.9. The second-order valence-electron chi connectivity index (χ2n) is 3.79. The van der Waals surface area contributed by atoms with Crippen molar-refractivity contribution in [1.29, 1.82) is 0 Å². The molecule has 0 saturated carbocycles. The van der Waals surface area contributed by atoms with E-state index in [4.69, 9.17) is 0 Å². The van der Waals surface area contributed by atoms with E-state index in [9.17, 15) is 0 Å². The van der Waals surface area contributed by atoms with Crippen molar-refractivity contribution in [1.82, 2.24) is 25.3 Å². The van der Waals surface area contributed by atoms with Gasteiger partial charge in [0.05, 0.1) is 10.7 Å². The molecule has 1 unspecified atom stereocenters. The SMILES string of the molecule is CC(CNCc1cn(C)nn1)c1nccs1. The lowest BCUT2D eigenvalue weighted by Crippen LogP contribution is -2.19. The fourth-order valence-corrected chi connectivity index (χ4v) is 2.16. The summed E-state index contributed by atoms with van der Waals surface area (Å²) < 4.78 is 1.71. The highest BCUT2D eigenvalue weighted by Crippen LogP contribution is 2.16. The number of hydrogen-bond donors (Lipinski definition) is 1. The molecule has 0 fully saturated rings. The average molecular weight is 237 g/mol. The summed E-state index contributed by atoms with van der Waals surface area (Å²) in [5.74, 6) is 0.441. The molecule has 1 N–H and O–H groups in total. The minimum Gasteiger partial charge on any atom is -0.310 e. The zero-order chi connectivity index (χ0) is 11.4. The van der Waals surface area contributed by atoms with Gasteiger partial charge in [-0.3, -0.25) is 4.68 Å². The maximum absolute atomic E-state index is 4.29. The van der Waals surface area contributed by atoms with Crippen LogP contribution in [0.2, 0.25) is 0 Å². The number of aryl methyl sites for hydroxylation is 1. The maximum atomic E-state index is 4.29. The molecule has 0 aromatic carbocycles. The lowest BCUT2D eigenvalue weighted by Gasteiger charge is -2.08. The first kappa shape index (κ1) is 11.2. The lowest BCUT2D eigenvalue weighted by atomic mass is 10.2. The maximum Gasteiger partial charge on any atom is 0.0965 e. The highest BCUT2D eigenvalue weighted by Gasteiger charge is 2.07. The van der Waals surface area contributed by atoms with Gasteiger partial charge >= 0.3 is 0 Å². The predicted octanol–water partition coefficient (Wildman–Crippen LogP) is 1.16. The summed E-state index contributed by atoms with van der Waals surface area (Å²) in [5.41, 5.74) is 0.967. The second kappa shape index (κ2) is 5.18. The Hall–Kier alpha value is -1.27. The number of aromatic nitrogens is 4. The Morgan fingerprint density at radius 1 is 1.56 bits per heavy atom. The minimum atomic E-state index is 0.441. The molecule has 0 bridgehead atoms. The number of nitrogens with zero attached hydrogens (tertiary/aromatic N) is 4. The van der Waals surface area contributed by atoms with E-state index in [2.05, 4.69) is 27.5 Å². The van der Waals surface area contributed by atoms with Gasteiger partial charge in [0.2, 0.25) is 0 Å². The van der Waals surface area contributed by atoms with E-state index in [1.165, 1.54) is 5.01 Å². The largest absolute Gasteiger partial charge is 0.310 e. The van der Waals surface area contributed by atoms with Gasteiger partial charge in [0.15, 0.2) is 0 Å². The Morgan fingerprint density at radius 2 is 2.44 bits per heavy atom. The minimum absolute atomic E-state index is 0.441. The number of hydrogen-bond acceptors (Lipinski definition) is 5. The Bertz CT molecular complexity index is 422. The molecular formula is C10H15N5S. The first-order valence-corrected chi connectivity index (χ1v) is 6.09. The summed E-state index contributed by atoms with van der Waals surface area (Å²) in [6, 6.07) is 0. The van der Waals surface area contributed by atoms with Crippen LogP contribution in [0.1, 0.15) is 23.5 Å². The molecule has 86 valence electrons. The van der Waals surface area contributed by atoms with Gasteiger partial charge in [-0.1, -0.05) is 12.1 Å². The topological polar surface area (TPSA) is 55.6 Å². The average Bonchev–Trinajstić information content (AvgIpc) is 2.89. The molecule has 0 aliphatic heterocycles. The van der Waals surface area contributed by atoms with Gasteiger partial charge in [0, 0.05) is 43.8 Å². The van der Waals surface area contributed by atoms with Crippen LogP contribution in [0, 0.1) is 0 Å². The van der Waals surface area contributed by atoms with E-state index in [1.54, 1.807) is 16.0 Å².